The van der Waals surface area contributed by atoms with Crippen molar-refractivity contribution in [1.29, 1.82) is 0 Å². The van der Waals surface area contributed by atoms with Gasteiger partial charge in [-0.1, -0.05) is 30.3 Å². The zero-order chi connectivity index (χ0) is 20.5. The summed E-state index contributed by atoms with van der Waals surface area (Å²) in [5.74, 6) is -0.706. The fourth-order valence-corrected chi connectivity index (χ4v) is 3.06. The third kappa shape index (κ3) is 4.11. The molecule has 150 valence electrons. The predicted octanol–water partition coefficient (Wildman–Crippen LogP) is 2.10. The first-order valence-corrected chi connectivity index (χ1v) is 9.04. The van der Waals surface area contributed by atoms with E-state index in [0.29, 0.717) is 5.76 Å². The summed E-state index contributed by atoms with van der Waals surface area (Å²) >= 11 is 0. The summed E-state index contributed by atoms with van der Waals surface area (Å²) < 4.78 is 16.1. The summed E-state index contributed by atoms with van der Waals surface area (Å²) in [5, 5.41) is 2.55. The lowest BCUT2D eigenvalue weighted by Crippen LogP contribution is -2.73. The van der Waals surface area contributed by atoms with Gasteiger partial charge in [0.15, 0.2) is 5.70 Å². The molecule has 0 aromatic heterocycles. The molecule has 0 saturated carbocycles. The van der Waals surface area contributed by atoms with E-state index in [-0.39, 0.29) is 18.9 Å². The van der Waals surface area contributed by atoms with E-state index >= 15 is 0 Å². The van der Waals surface area contributed by atoms with E-state index in [1.54, 1.807) is 27.7 Å². The molecule has 2 heterocycles. The Bertz CT molecular complexity index is 812. The largest absolute Gasteiger partial charge is 0.494 e. The molecule has 0 radical (unpaired) electrons. The molecule has 0 aliphatic carbocycles. The number of amides is 2. The second kappa shape index (κ2) is 7.53. The standard InChI is InChI=1S/C20H24N2O6/c1-12-16(18(24)28-20(2,3)4)22-14(11-26-12)15(17(22)23)21-19(25)27-10-13-8-6-5-7-9-13/h5-9,14-15H,10-11H2,1-4H3,(H,21,25)/t14-,15+/m0/s1. The third-order valence-corrected chi connectivity index (χ3v) is 4.34. The van der Waals surface area contributed by atoms with Crippen LogP contribution >= 0.6 is 0 Å². The summed E-state index contributed by atoms with van der Waals surface area (Å²) in [6, 6.07) is 7.92. The van der Waals surface area contributed by atoms with Crippen LogP contribution in [0.5, 0.6) is 0 Å². The van der Waals surface area contributed by atoms with Crippen molar-refractivity contribution in [2.24, 2.45) is 0 Å². The van der Waals surface area contributed by atoms with Crippen LogP contribution in [0.1, 0.15) is 33.3 Å². The van der Waals surface area contributed by atoms with Crippen molar-refractivity contribution >= 4 is 18.0 Å². The summed E-state index contributed by atoms with van der Waals surface area (Å²) in [7, 11) is 0. The number of rotatable bonds is 4. The topological polar surface area (TPSA) is 94.2 Å². The highest BCUT2D eigenvalue weighted by atomic mass is 16.6. The van der Waals surface area contributed by atoms with Crippen molar-refractivity contribution in [2.45, 2.75) is 52.0 Å². The van der Waals surface area contributed by atoms with Gasteiger partial charge in [-0.15, -0.1) is 0 Å². The van der Waals surface area contributed by atoms with Crippen LogP contribution in [0.25, 0.3) is 0 Å². The highest BCUT2D eigenvalue weighted by Crippen LogP contribution is 2.33. The van der Waals surface area contributed by atoms with Crippen LogP contribution < -0.4 is 5.32 Å². The van der Waals surface area contributed by atoms with Crippen LogP contribution in [0.15, 0.2) is 41.8 Å². The number of allylic oxidation sites excluding steroid dienone is 1. The van der Waals surface area contributed by atoms with Crippen molar-refractivity contribution in [3.8, 4) is 0 Å². The normalized spacial score (nSPS) is 21.3. The van der Waals surface area contributed by atoms with Crippen molar-refractivity contribution in [1.82, 2.24) is 10.2 Å². The molecule has 0 spiro atoms. The minimum atomic E-state index is -0.811. The molecule has 1 fully saturated rings. The number of β-lactam (4-membered cyclic amide) rings is 1. The number of alkyl carbamates (subject to hydrolysis) is 1. The molecule has 3 rings (SSSR count). The number of carbonyl (C=O) groups excluding carboxylic acids is 3. The maximum atomic E-state index is 12.6. The van der Waals surface area contributed by atoms with Crippen molar-refractivity contribution < 1.29 is 28.6 Å². The summed E-state index contributed by atoms with van der Waals surface area (Å²) in [4.78, 5) is 38.5. The Kier molecular flexibility index (Phi) is 5.31. The van der Waals surface area contributed by atoms with Crippen LogP contribution in [0.2, 0.25) is 0 Å². The third-order valence-electron chi connectivity index (χ3n) is 4.34. The number of esters is 1. The number of hydrogen-bond donors (Lipinski definition) is 1. The lowest BCUT2D eigenvalue weighted by atomic mass is 9.93. The Labute approximate surface area is 163 Å². The minimum Gasteiger partial charge on any atom is -0.494 e. The Balaban J connectivity index is 1.61. The summed E-state index contributed by atoms with van der Waals surface area (Å²) in [5.41, 5.74) is 0.210. The SMILES string of the molecule is CC1=C(C(=O)OC(C)(C)C)N2C(=O)[C@H](NC(=O)OCc3ccccc3)[C@@H]2CO1. The molecule has 2 aliphatic rings. The van der Waals surface area contributed by atoms with Crippen LogP contribution in [0, 0.1) is 0 Å². The van der Waals surface area contributed by atoms with E-state index in [1.807, 2.05) is 30.3 Å². The van der Waals surface area contributed by atoms with Crippen LogP contribution in [-0.2, 0) is 30.4 Å². The zero-order valence-corrected chi connectivity index (χ0v) is 16.4. The summed E-state index contributed by atoms with van der Waals surface area (Å²) in [6.07, 6.45) is -0.702. The first-order valence-electron chi connectivity index (χ1n) is 9.04. The Morgan fingerprint density at radius 1 is 1.25 bits per heavy atom. The molecule has 28 heavy (non-hydrogen) atoms. The molecular formula is C20H24N2O6. The van der Waals surface area contributed by atoms with E-state index in [2.05, 4.69) is 5.32 Å². The first-order chi connectivity index (χ1) is 13.2. The first kappa shape index (κ1) is 19.7. The number of benzene rings is 1. The van der Waals surface area contributed by atoms with Crippen molar-refractivity contribution in [3.63, 3.8) is 0 Å². The smallest absolute Gasteiger partial charge is 0.408 e. The van der Waals surface area contributed by atoms with Crippen LogP contribution in [0.4, 0.5) is 4.79 Å². The Morgan fingerprint density at radius 2 is 1.93 bits per heavy atom. The second-order valence-corrected chi connectivity index (χ2v) is 7.68. The van der Waals surface area contributed by atoms with E-state index < -0.39 is 35.7 Å². The number of ether oxygens (including phenoxy) is 3. The maximum Gasteiger partial charge on any atom is 0.408 e. The lowest BCUT2D eigenvalue weighted by Gasteiger charge is -2.49. The number of fused-ring (bicyclic) bond motifs is 1. The summed E-state index contributed by atoms with van der Waals surface area (Å²) in [6.45, 7) is 7.11. The van der Waals surface area contributed by atoms with E-state index in [1.165, 1.54) is 4.90 Å². The van der Waals surface area contributed by atoms with Crippen LogP contribution in [0.3, 0.4) is 0 Å². The van der Waals surface area contributed by atoms with Gasteiger partial charge in [0.2, 0.25) is 0 Å². The van der Waals surface area contributed by atoms with E-state index in [9.17, 15) is 14.4 Å². The van der Waals surface area contributed by atoms with E-state index in [4.69, 9.17) is 14.2 Å². The van der Waals surface area contributed by atoms with Gasteiger partial charge in [0.25, 0.3) is 5.91 Å². The molecule has 2 aliphatic heterocycles. The quantitative estimate of drug-likeness (QED) is 0.627. The average molecular weight is 388 g/mol. The molecule has 1 aromatic rings. The van der Waals surface area contributed by atoms with Gasteiger partial charge in [-0.05, 0) is 33.3 Å². The molecule has 8 nitrogen and oxygen atoms in total. The highest BCUT2D eigenvalue weighted by Gasteiger charge is 2.55. The Hall–Kier alpha value is -3.03. The highest BCUT2D eigenvalue weighted by molar-refractivity contribution is 6.01. The fourth-order valence-electron chi connectivity index (χ4n) is 3.06. The second-order valence-electron chi connectivity index (χ2n) is 7.68. The lowest BCUT2D eigenvalue weighted by molar-refractivity contribution is -0.165. The molecule has 1 saturated heterocycles. The number of nitrogens with zero attached hydrogens (tertiary/aromatic N) is 1. The molecule has 0 unspecified atom stereocenters. The zero-order valence-electron chi connectivity index (χ0n) is 16.4. The van der Waals surface area contributed by atoms with Gasteiger partial charge in [-0.25, -0.2) is 9.59 Å². The molecule has 2 amide bonds. The van der Waals surface area contributed by atoms with Gasteiger partial charge in [-0.3, -0.25) is 9.69 Å². The number of hydrogen-bond acceptors (Lipinski definition) is 6. The number of nitrogens with one attached hydrogen (secondary N) is 1. The van der Waals surface area contributed by atoms with Gasteiger partial charge in [-0.2, -0.15) is 0 Å². The number of carbonyl (C=O) groups is 3. The van der Waals surface area contributed by atoms with Crippen molar-refractivity contribution in [2.75, 3.05) is 6.61 Å². The fraction of sp³-hybridized carbons (Fsp3) is 0.450. The minimum absolute atomic E-state index is 0.0758. The average Bonchev–Trinajstić information content (AvgIpc) is 2.63. The van der Waals surface area contributed by atoms with Crippen molar-refractivity contribution in [3.05, 3.63) is 47.4 Å². The molecule has 1 aromatic carbocycles. The van der Waals surface area contributed by atoms with Gasteiger partial charge >= 0.3 is 12.1 Å². The predicted molar refractivity (Wildman–Crippen MR) is 98.7 cm³/mol. The molecule has 1 N–H and O–H groups in total. The van der Waals surface area contributed by atoms with Gasteiger partial charge in [0.05, 0.1) is 0 Å². The van der Waals surface area contributed by atoms with Gasteiger partial charge in [0.1, 0.15) is 36.7 Å². The molecular weight excluding hydrogens is 364 g/mol. The molecule has 8 heteroatoms. The van der Waals surface area contributed by atoms with Crippen LogP contribution in [-0.4, -0.2) is 47.2 Å². The monoisotopic (exact) mass is 388 g/mol. The molecule has 0 bridgehead atoms. The maximum absolute atomic E-state index is 12.6. The van der Waals surface area contributed by atoms with Gasteiger partial charge < -0.3 is 19.5 Å². The van der Waals surface area contributed by atoms with E-state index in [0.717, 1.165) is 5.56 Å². The van der Waals surface area contributed by atoms with Gasteiger partial charge in [0, 0.05) is 0 Å². The molecule has 2 atom stereocenters. The Morgan fingerprint density at radius 3 is 2.57 bits per heavy atom.